The van der Waals surface area contributed by atoms with Gasteiger partial charge < -0.3 is 15.7 Å². The van der Waals surface area contributed by atoms with Crippen molar-refractivity contribution in [3.05, 3.63) is 89.0 Å². The second-order valence-electron chi connectivity index (χ2n) is 8.13. The molecule has 37 heavy (non-hydrogen) atoms. The molecule has 4 aromatic rings. The molecule has 0 aliphatic carbocycles. The number of carboxylic acids is 1. The molecule has 0 spiro atoms. The minimum absolute atomic E-state index is 0.202. The molecule has 12 heteroatoms. The molecule has 0 saturated heterocycles. The Morgan fingerprint density at radius 1 is 1.16 bits per heavy atom. The molecule has 1 unspecified atom stereocenters. The van der Waals surface area contributed by atoms with Crippen molar-refractivity contribution in [1.82, 2.24) is 35.3 Å². The number of nitrogens with zero attached hydrogens (tertiary/aromatic N) is 6. The molecule has 2 aromatic carbocycles. The Balaban J connectivity index is 1.47. The highest BCUT2D eigenvalue weighted by Gasteiger charge is 2.14. The Kier molecular flexibility index (Phi) is 8.26. The van der Waals surface area contributed by atoms with Crippen LogP contribution in [-0.4, -0.2) is 59.6 Å². The molecule has 1 atom stereocenters. The van der Waals surface area contributed by atoms with Gasteiger partial charge in [0.2, 0.25) is 5.91 Å². The predicted octanol–water partition coefficient (Wildman–Crippen LogP) is 3.08. The normalized spacial score (nSPS) is 11.9. The fraction of sp³-hybridized carbons (Fsp3) is 0.200. The molecule has 0 bridgehead atoms. The average molecular weight is 521 g/mol. The van der Waals surface area contributed by atoms with Crippen molar-refractivity contribution in [1.29, 1.82) is 0 Å². The minimum Gasteiger partial charge on any atom is -0.478 e. The molecule has 3 N–H and O–H groups in total. The molecule has 0 aliphatic heterocycles. The average Bonchev–Trinajstić information content (AvgIpc) is 3.59. The van der Waals surface area contributed by atoms with E-state index in [0.29, 0.717) is 29.2 Å². The van der Waals surface area contributed by atoms with Gasteiger partial charge in [0.15, 0.2) is 0 Å². The van der Waals surface area contributed by atoms with Gasteiger partial charge in [-0.25, -0.2) is 4.79 Å². The van der Waals surface area contributed by atoms with Crippen molar-refractivity contribution < 1.29 is 14.7 Å². The predicted molar refractivity (Wildman–Crippen MR) is 139 cm³/mol. The number of amides is 1. The Bertz CT molecular complexity index is 1380. The first-order valence-corrected chi connectivity index (χ1v) is 11.9. The molecule has 4 rings (SSSR count). The third kappa shape index (κ3) is 7.01. The van der Waals surface area contributed by atoms with Crippen LogP contribution in [0.1, 0.15) is 28.5 Å². The fourth-order valence-corrected chi connectivity index (χ4v) is 3.82. The smallest absolute Gasteiger partial charge is 0.335 e. The van der Waals surface area contributed by atoms with E-state index in [0.717, 1.165) is 17.9 Å². The highest BCUT2D eigenvalue weighted by Crippen LogP contribution is 2.20. The molecular weight excluding hydrogens is 496 g/mol. The summed E-state index contributed by atoms with van der Waals surface area (Å²) in [6.07, 6.45) is 6.93. The summed E-state index contributed by atoms with van der Waals surface area (Å²) in [5.74, 6) is -1.29. The molecule has 2 aromatic heterocycles. The van der Waals surface area contributed by atoms with Crippen molar-refractivity contribution in [2.45, 2.75) is 25.9 Å². The topological polar surface area (TPSA) is 140 Å². The third-order valence-corrected chi connectivity index (χ3v) is 5.74. The van der Waals surface area contributed by atoms with Crippen LogP contribution in [0, 0.1) is 0 Å². The molecule has 0 aliphatic rings. The van der Waals surface area contributed by atoms with Gasteiger partial charge in [0.05, 0.1) is 23.0 Å². The number of halogens is 1. The number of carbonyl (C=O) groups excluding carboxylic acids is 1. The van der Waals surface area contributed by atoms with Crippen LogP contribution in [0.5, 0.6) is 0 Å². The highest BCUT2D eigenvalue weighted by molar-refractivity contribution is 6.30. The number of carboxylic acid groups (broad SMARTS) is 1. The summed E-state index contributed by atoms with van der Waals surface area (Å²) in [7, 11) is 0. The van der Waals surface area contributed by atoms with Gasteiger partial charge in [-0.15, -0.1) is 5.10 Å². The van der Waals surface area contributed by atoms with E-state index in [1.54, 1.807) is 36.4 Å². The van der Waals surface area contributed by atoms with Gasteiger partial charge in [-0.05, 0) is 72.0 Å². The maximum Gasteiger partial charge on any atom is 0.335 e. The number of aromatic nitrogens is 6. The van der Waals surface area contributed by atoms with E-state index >= 15 is 0 Å². The number of hydrogen-bond donors (Lipinski definition) is 3. The lowest BCUT2D eigenvalue weighted by molar-refractivity contribution is -0.117. The van der Waals surface area contributed by atoms with Crippen LogP contribution >= 0.6 is 11.6 Å². The van der Waals surface area contributed by atoms with Crippen LogP contribution in [0.15, 0.2) is 67.1 Å². The SMILES string of the molecule is CCn1ccc(CC(CNc2ccc(C(=O)O)cc2)NC(=O)/C=C/c2cc(Cl)ccc2-n2cnnn2)n1. The lowest BCUT2D eigenvalue weighted by Gasteiger charge is -2.18. The number of anilines is 1. The summed E-state index contributed by atoms with van der Waals surface area (Å²) in [6, 6.07) is 13.3. The van der Waals surface area contributed by atoms with Crippen molar-refractivity contribution in [2.24, 2.45) is 0 Å². The Morgan fingerprint density at radius 3 is 2.65 bits per heavy atom. The monoisotopic (exact) mass is 520 g/mol. The standard InChI is InChI=1S/C25H25ClN8O3/c1-2-33-12-11-21(30-33)14-22(15-27-20-7-3-17(4-8-20)25(36)37)29-24(35)10-5-18-13-19(26)6-9-23(18)34-16-28-31-32-34/h3-13,16,22,27H,2,14-15H2,1H3,(H,29,35)(H,36,37)/b10-5+. The van der Waals surface area contributed by atoms with Crippen LogP contribution < -0.4 is 10.6 Å². The number of aromatic carboxylic acids is 1. The first-order valence-electron chi connectivity index (χ1n) is 11.5. The van der Waals surface area contributed by atoms with Crippen molar-refractivity contribution in [3.63, 3.8) is 0 Å². The minimum atomic E-state index is -0.988. The Hall–Kier alpha value is -4.51. The van der Waals surface area contributed by atoms with E-state index in [4.69, 9.17) is 16.7 Å². The lowest BCUT2D eigenvalue weighted by atomic mass is 10.1. The molecular formula is C25H25ClN8O3. The van der Waals surface area contributed by atoms with E-state index in [9.17, 15) is 9.59 Å². The molecule has 1 amide bonds. The second-order valence-corrected chi connectivity index (χ2v) is 8.56. The van der Waals surface area contributed by atoms with Crippen LogP contribution in [0.4, 0.5) is 5.69 Å². The summed E-state index contributed by atoms with van der Waals surface area (Å²) in [4.78, 5) is 24.0. The zero-order valence-corrected chi connectivity index (χ0v) is 20.7. The lowest BCUT2D eigenvalue weighted by Crippen LogP contribution is -2.40. The largest absolute Gasteiger partial charge is 0.478 e. The fourth-order valence-electron chi connectivity index (χ4n) is 3.64. The van der Waals surface area contributed by atoms with Crippen molar-refractivity contribution >= 4 is 35.2 Å². The first-order chi connectivity index (χ1) is 17.9. The van der Waals surface area contributed by atoms with Crippen LogP contribution in [-0.2, 0) is 17.8 Å². The number of aryl methyl sites for hydroxylation is 1. The third-order valence-electron chi connectivity index (χ3n) is 5.51. The van der Waals surface area contributed by atoms with Crippen molar-refractivity contribution in [2.75, 3.05) is 11.9 Å². The molecule has 0 saturated carbocycles. The molecule has 11 nitrogen and oxygen atoms in total. The molecule has 0 fully saturated rings. The summed E-state index contributed by atoms with van der Waals surface area (Å²) >= 11 is 6.16. The zero-order chi connectivity index (χ0) is 26.2. The van der Waals surface area contributed by atoms with Gasteiger partial charge in [-0.2, -0.15) is 9.78 Å². The number of nitrogens with one attached hydrogen (secondary N) is 2. The number of hydrogen-bond acceptors (Lipinski definition) is 7. The molecule has 190 valence electrons. The van der Waals surface area contributed by atoms with E-state index in [1.165, 1.54) is 29.2 Å². The summed E-state index contributed by atoms with van der Waals surface area (Å²) < 4.78 is 3.31. The Labute approximate surface area is 217 Å². The summed E-state index contributed by atoms with van der Waals surface area (Å²) in [6.45, 7) is 3.15. The second kappa shape index (κ2) is 12.0. The zero-order valence-electron chi connectivity index (χ0n) is 20.0. The van der Waals surface area contributed by atoms with Crippen LogP contribution in [0.2, 0.25) is 5.02 Å². The number of tetrazole rings is 1. The highest BCUT2D eigenvalue weighted by atomic mass is 35.5. The molecule has 0 radical (unpaired) electrons. The van der Waals surface area contributed by atoms with Gasteiger partial charge in [0.25, 0.3) is 0 Å². The molecule has 2 heterocycles. The van der Waals surface area contributed by atoms with Crippen LogP contribution in [0.25, 0.3) is 11.8 Å². The van der Waals surface area contributed by atoms with E-state index in [-0.39, 0.29) is 17.5 Å². The number of rotatable bonds is 11. The van der Waals surface area contributed by atoms with E-state index in [1.807, 2.05) is 23.9 Å². The number of benzene rings is 2. The number of carbonyl (C=O) groups is 2. The maximum atomic E-state index is 12.9. The van der Waals surface area contributed by atoms with Crippen LogP contribution in [0.3, 0.4) is 0 Å². The Morgan fingerprint density at radius 2 is 1.97 bits per heavy atom. The van der Waals surface area contributed by atoms with Gasteiger partial charge in [-0.3, -0.25) is 9.48 Å². The van der Waals surface area contributed by atoms with Crippen molar-refractivity contribution in [3.8, 4) is 5.69 Å². The first kappa shape index (κ1) is 25.6. The summed E-state index contributed by atoms with van der Waals surface area (Å²) in [5.41, 5.74) is 3.13. The summed E-state index contributed by atoms with van der Waals surface area (Å²) in [5, 5.41) is 31.6. The van der Waals surface area contributed by atoms with Gasteiger partial charge in [0.1, 0.15) is 6.33 Å². The quantitative estimate of drug-likeness (QED) is 0.256. The van der Waals surface area contributed by atoms with Gasteiger partial charge in [0, 0.05) is 48.1 Å². The van der Waals surface area contributed by atoms with Gasteiger partial charge in [-0.1, -0.05) is 11.6 Å². The van der Waals surface area contributed by atoms with E-state index < -0.39 is 5.97 Å². The maximum absolute atomic E-state index is 12.9. The van der Waals surface area contributed by atoms with E-state index in [2.05, 4.69) is 31.3 Å². The van der Waals surface area contributed by atoms with Gasteiger partial charge >= 0.3 is 5.97 Å².